The minimum Gasteiger partial charge on any atom is -0.386 e. The van der Waals surface area contributed by atoms with E-state index in [1.807, 2.05) is 25.1 Å². The number of methoxy groups -OCH3 is 1. The molecule has 1 rings (SSSR count). The molecule has 0 aliphatic rings. The summed E-state index contributed by atoms with van der Waals surface area (Å²) in [6.07, 6.45) is -0.539. The highest BCUT2D eigenvalue weighted by molar-refractivity contribution is 9.10. The SMILES string of the molecule is COCC(O)c1cc(Br)ccc1C. The van der Waals surface area contributed by atoms with E-state index in [0.717, 1.165) is 15.6 Å². The molecule has 0 amide bonds. The second-order valence-corrected chi connectivity index (χ2v) is 3.89. The lowest BCUT2D eigenvalue weighted by atomic mass is 10.0. The molecular weight excluding hydrogens is 232 g/mol. The van der Waals surface area contributed by atoms with E-state index in [2.05, 4.69) is 15.9 Å². The van der Waals surface area contributed by atoms with Gasteiger partial charge in [-0.25, -0.2) is 0 Å². The zero-order chi connectivity index (χ0) is 9.84. The number of aliphatic hydroxyl groups is 1. The fraction of sp³-hybridized carbons (Fsp3) is 0.400. The lowest BCUT2D eigenvalue weighted by Gasteiger charge is -2.12. The van der Waals surface area contributed by atoms with Crippen LogP contribution in [0.5, 0.6) is 0 Å². The van der Waals surface area contributed by atoms with Gasteiger partial charge in [0.25, 0.3) is 0 Å². The molecule has 1 aromatic rings. The summed E-state index contributed by atoms with van der Waals surface area (Å²) in [4.78, 5) is 0. The van der Waals surface area contributed by atoms with Gasteiger partial charge in [0.2, 0.25) is 0 Å². The summed E-state index contributed by atoms with van der Waals surface area (Å²) in [7, 11) is 1.58. The van der Waals surface area contributed by atoms with Crippen molar-refractivity contribution in [1.82, 2.24) is 0 Å². The molecular formula is C10H13BrO2. The number of rotatable bonds is 3. The Hall–Kier alpha value is -0.380. The first-order chi connectivity index (χ1) is 6.15. The summed E-state index contributed by atoms with van der Waals surface area (Å²) in [5, 5.41) is 9.68. The molecule has 0 radical (unpaired) electrons. The van der Waals surface area contributed by atoms with Gasteiger partial charge in [-0.3, -0.25) is 0 Å². The summed E-state index contributed by atoms with van der Waals surface area (Å²) in [6, 6.07) is 5.84. The van der Waals surface area contributed by atoms with Gasteiger partial charge in [0.05, 0.1) is 6.61 Å². The van der Waals surface area contributed by atoms with Crippen LogP contribution in [0.15, 0.2) is 22.7 Å². The lowest BCUT2D eigenvalue weighted by Crippen LogP contribution is -2.06. The maximum Gasteiger partial charge on any atom is 0.103 e. The molecule has 0 saturated heterocycles. The lowest BCUT2D eigenvalue weighted by molar-refractivity contribution is 0.0640. The molecule has 0 aliphatic carbocycles. The Labute approximate surface area is 86.7 Å². The minimum absolute atomic E-state index is 0.331. The predicted octanol–water partition coefficient (Wildman–Crippen LogP) is 2.44. The first kappa shape index (κ1) is 10.7. The van der Waals surface area contributed by atoms with Crippen LogP contribution in [-0.2, 0) is 4.74 Å². The molecule has 0 aromatic heterocycles. The van der Waals surface area contributed by atoms with Crippen molar-refractivity contribution in [2.75, 3.05) is 13.7 Å². The largest absolute Gasteiger partial charge is 0.386 e. The monoisotopic (exact) mass is 244 g/mol. The van der Waals surface area contributed by atoms with Crippen LogP contribution in [0.25, 0.3) is 0 Å². The fourth-order valence-electron chi connectivity index (χ4n) is 1.22. The molecule has 1 unspecified atom stereocenters. The van der Waals surface area contributed by atoms with Gasteiger partial charge >= 0.3 is 0 Å². The molecule has 0 bridgehead atoms. The van der Waals surface area contributed by atoms with Crippen LogP contribution < -0.4 is 0 Å². The van der Waals surface area contributed by atoms with Crippen molar-refractivity contribution in [2.45, 2.75) is 13.0 Å². The van der Waals surface area contributed by atoms with Gasteiger partial charge in [0.1, 0.15) is 6.10 Å². The molecule has 0 saturated carbocycles. The van der Waals surface area contributed by atoms with Gasteiger partial charge in [-0.1, -0.05) is 22.0 Å². The number of hydrogen-bond acceptors (Lipinski definition) is 2. The van der Waals surface area contributed by atoms with E-state index in [1.165, 1.54) is 0 Å². The molecule has 1 atom stereocenters. The van der Waals surface area contributed by atoms with Crippen LogP contribution >= 0.6 is 15.9 Å². The van der Waals surface area contributed by atoms with Crippen LogP contribution in [0.2, 0.25) is 0 Å². The Bertz CT molecular complexity index is 286. The predicted molar refractivity (Wildman–Crippen MR) is 55.7 cm³/mol. The molecule has 0 fully saturated rings. The molecule has 13 heavy (non-hydrogen) atoms. The maximum atomic E-state index is 9.68. The highest BCUT2D eigenvalue weighted by Crippen LogP contribution is 2.22. The maximum absolute atomic E-state index is 9.68. The zero-order valence-electron chi connectivity index (χ0n) is 7.75. The van der Waals surface area contributed by atoms with E-state index >= 15 is 0 Å². The third kappa shape index (κ3) is 2.79. The van der Waals surface area contributed by atoms with E-state index in [0.29, 0.717) is 6.61 Å². The standard InChI is InChI=1S/C10H13BrO2/c1-7-3-4-8(11)5-9(7)10(12)6-13-2/h3-5,10,12H,6H2,1-2H3. The van der Waals surface area contributed by atoms with Crippen molar-refractivity contribution in [3.05, 3.63) is 33.8 Å². The van der Waals surface area contributed by atoms with E-state index in [4.69, 9.17) is 4.74 Å². The zero-order valence-corrected chi connectivity index (χ0v) is 9.34. The van der Waals surface area contributed by atoms with Gasteiger partial charge in [-0.05, 0) is 30.2 Å². The molecule has 2 nitrogen and oxygen atoms in total. The van der Waals surface area contributed by atoms with Crippen LogP contribution in [0, 0.1) is 6.92 Å². The summed E-state index contributed by atoms with van der Waals surface area (Å²) >= 11 is 3.36. The van der Waals surface area contributed by atoms with Gasteiger partial charge in [-0.2, -0.15) is 0 Å². The first-order valence-corrected chi connectivity index (χ1v) is 4.87. The number of aryl methyl sites for hydroxylation is 1. The van der Waals surface area contributed by atoms with E-state index < -0.39 is 6.10 Å². The number of halogens is 1. The average Bonchev–Trinajstić information content (AvgIpc) is 2.09. The summed E-state index contributed by atoms with van der Waals surface area (Å²) in [5.41, 5.74) is 1.99. The van der Waals surface area contributed by atoms with Crippen molar-refractivity contribution in [3.63, 3.8) is 0 Å². The first-order valence-electron chi connectivity index (χ1n) is 4.08. The highest BCUT2D eigenvalue weighted by Gasteiger charge is 2.09. The topological polar surface area (TPSA) is 29.5 Å². The number of ether oxygens (including phenoxy) is 1. The van der Waals surface area contributed by atoms with E-state index in [1.54, 1.807) is 7.11 Å². The normalized spacial score (nSPS) is 12.9. The van der Waals surface area contributed by atoms with Crippen LogP contribution in [-0.4, -0.2) is 18.8 Å². The van der Waals surface area contributed by atoms with Crippen LogP contribution in [0.1, 0.15) is 17.2 Å². The Morgan fingerprint density at radius 3 is 2.85 bits per heavy atom. The van der Waals surface area contributed by atoms with Crippen molar-refractivity contribution in [2.24, 2.45) is 0 Å². The second-order valence-electron chi connectivity index (χ2n) is 2.97. The Morgan fingerprint density at radius 1 is 1.54 bits per heavy atom. The van der Waals surface area contributed by atoms with Gasteiger partial charge in [-0.15, -0.1) is 0 Å². The van der Waals surface area contributed by atoms with Crippen molar-refractivity contribution in [3.8, 4) is 0 Å². The summed E-state index contributed by atoms with van der Waals surface area (Å²) < 4.78 is 5.86. The average molecular weight is 245 g/mol. The highest BCUT2D eigenvalue weighted by atomic mass is 79.9. The molecule has 0 spiro atoms. The Kier molecular flexibility index (Phi) is 3.90. The number of aliphatic hydroxyl groups excluding tert-OH is 1. The van der Waals surface area contributed by atoms with Crippen molar-refractivity contribution < 1.29 is 9.84 Å². The van der Waals surface area contributed by atoms with Gasteiger partial charge in [0, 0.05) is 11.6 Å². The van der Waals surface area contributed by atoms with Gasteiger partial charge in [0.15, 0.2) is 0 Å². The molecule has 3 heteroatoms. The molecule has 1 aromatic carbocycles. The fourth-order valence-corrected chi connectivity index (χ4v) is 1.60. The van der Waals surface area contributed by atoms with E-state index in [9.17, 15) is 5.11 Å². The molecule has 0 heterocycles. The summed E-state index contributed by atoms with van der Waals surface area (Å²) in [6.45, 7) is 2.30. The molecule has 1 N–H and O–H groups in total. The van der Waals surface area contributed by atoms with Crippen molar-refractivity contribution >= 4 is 15.9 Å². The minimum atomic E-state index is -0.539. The Balaban J connectivity index is 2.91. The number of hydrogen-bond donors (Lipinski definition) is 1. The van der Waals surface area contributed by atoms with Crippen LogP contribution in [0.3, 0.4) is 0 Å². The van der Waals surface area contributed by atoms with E-state index in [-0.39, 0.29) is 0 Å². The smallest absolute Gasteiger partial charge is 0.103 e. The quantitative estimate of drug-likeness (QED) is 0.886. The summed E-state index contributed by atoms with van der Waals surface area (Å²) in [5.74, 6) is 0. The third-order valence-corrected chi connectivity index (χ3v) is 2.42. The van der Waals surface area contributed by atoms with Crippen LogP contribution in [0.4, 0.5) is 0 Å². The molecule has 72 valence electrons. The second kappa shape index (κ2) is 4.74. The van der Waals surface area contributed by atoms with Gasteiger partial charge < -0.3 is 9.84 Å². The number of benzene rings is 1. The third-order valence-electron chi connectivity index (χ3n) is 1.92. The van der Waals surface area contributed by atoms with Crippen molar-refractivity contribution in [1.29, 1.82) is 0 Å². The molecule has 0 aliphatic heterocycles. The Morgan fingerprint density at radius 2 is 2.23 bits per heavy atom.